The fourth-order valence-corrected chi connectivity index (χ4v) is 1.81. The molecule has 0 aliphatic rings. The predicted molar refractivity (Wildman–Crippen MR) is 79.1 cm³/mol. The number of benzene rings is 1. The first-order valence-electron chi connectivity index (χ1n) is 6.91. The zero-order chi connectivity index (χ0) is 14.6. The van der Waals surface area contributed by atoms with Crippen LogP contribution in [0.3, 0.4) is 0 Å². The van der Waals surface area contributed by atoms with E-state index in [4.69, 9.17) is 0 Å². The maximum atomic E-state index is 11.0. The average Bonchev–Trinajstić information content (AvgIpc) is 2.45. The lowest BCUT2D eigenvalue weighted by Crippen LogP contribution is -2.32. The minimum absolute atomic E-state index is 0.00000821. The molecule has 0 atom stereocenters. The minimum atomic E-state index is -0.00000821. The maximum Gasteiger partial charge on any atom is 0.216 e. The van der Waals surface area contributed by atoms with E-state index >= 15 is 0 Å². The molecule has 1 aromatic rings. The summed E-state index contributed by atoms with van der Waals surface area (Å²) in [6.07, 6.45) is 1.77. The number of amides is 2. The number of hydrogen-bond donors (Lipinski definition) is 2. The molecule has 0 aliphatic carbocycles. The lowest BCUT2D eigenvalue weighted by Gasteiger charge is -2.17. The van der Waals surface area contributed by atoms with Gasteiger partial charge in [0.25, 0.3) is 0 Å². The van der Waals surface area contributed by atoms with Gasteiger partial charge >= 0.3 is 0 Å². The summed E-state index contributed by atoms with van der Waals surface area (Å²) in [6.45, 7) is 5.10. The van der Waals surface area contributed by atoms with E-state index < -0.39 is 0 Å². The van der Waals surface area contributed by atoms with E-state index in [1.54, 1.807) is 4.90 Å². The van der Waals surface area contributed by atoms with Gasteiger partial charge in [-0.25, -0.2) is 0 Å². The molecule has 2 N–H and O–H groups in total. The third-order valence-corrected chi connectivity index (χ3v) is 2.86. The van der Waals surface area contributed by atoms with Gasteiger partial charge in [0, 0.05) is 33.1 Å². The molecule has 0 unspecified atom stereocenters. The van der Waals surface area contributed by atoms with E-state index in [9.17, 15) is 9.59 Å². The zero-order valence-electron chi connectivity index (χ0n) is 12.0. The van der Waals surface area contributed by atoms with Crippen molar-refractivity contribution in [1.82, 2.24) is 15.5 Å². The van der Waals surface area contributed by atoms with Crippen LogP contribution < -0.4 is 10.6 Å². The van der Waals surface area contributed by atoms with E-state index in [-0.39, 0.29) is 5.91 Å². The first-order valence-corrected chi connectivity index (χ1v) is 6.91. The summed E-state index contributed by atoms with van der Waals surface area (Å²) in [6, 6.07) is 9.93. The van der Waals surface area contributed by atoms with Gasteiger partial charge in [0.15, 0.2) is 0 Å². The summed E-state index contributed by atoms with van der Waals surface area (Å²) < 4.78 is 0. The molecule has 0 radical (unpaired) electrons. The van der Waals surface area contributed by atoms with Gasteiger partial charge in [0.05, 0.1) is 0 Å². The summed E-state index contributed by atoms with van der Waals surface area (Å²) in [5.41, 5.74) is 1.13. The highest BCUT2D eigenvalue weighted by molar-refractivity contribution is 5.72. The van der Waals surface area contributed by atoms with E-state index in [0.717, 1.165) is 31.5 Å². The predicted octanol–water partition coefficient (Wildman–Crippen LogP) is 0.761. The van der Waals surface area contributed by atoms with Crippen molar-refractivity contribution in [3.8, 4) is 0 Å². The number of rotatable bonds is 10. The van der Waals surface area contributed by atoms with Crippen molar-refractivity contribution < 1.29 is 9.59 Å². The quantitative estimate of drug-likeness (QED) is 0.490. The Hall–Kier alpha value is -1.88. The standard InChI is InChI=1S/C15H23N3O2/c1-14(20)17-9-5-8-16-10-11-18(13-19)12-15-6-3-2-4-7-15/h2-4,6-7,13,16H,5,8-12H2,1H3,(H,17,20). The minimum Gasteiger partial charge on any atom is -0.356 e. The molecule has 0 saturated heterocycles. The van der Waals surface area contributed by atoms with Gasteiger partial charge in [0.1, 0.15) is 0 Å². The molecule has 5 nitrogen and oxygen atoms in total. The highest BCUT2D eigenvalue weighted by atomic mass is 16.1. The van der Waals surface area contributed by atoms with E-state index in [0.29, 0.717) is 19.6 Å². The molecule has 0 heterocycles. The Bertz CT molecular complexity index is 395. The van der Waals surface area contributed by atoms with Crippen molar-refractivity contribution >= 4 is 12.3 Å². The van der Waals surface area contributed by atoms with Crippen molar-refractivity contribution in [2.24, 2.45) is 0 Å². The molecule has 2 amide bonds. The topological polar surface area (TPSA) is 61.4 Å². The second kappa shape index (κ2) is 9.97. The molecular weight excluding hydrogens is 254 g/mol. The highest BCUT2D eigenvalue weighted by Crippen LogP contribution is 2.01. The van der Waals surface area contributed by atoms with Gasteiger partial charge < -0.3 is 15.5 Å². The second-order valence-electron chi connectivity index (χ2n) is 4.65. The van der Waals surface area contributed by atoms with Crippen molar-refractivity contribution in [1.29, 1.82) is 0 Å². The SMILES string of the molecule is CC(=O)NCCCNCCN(C=O)Cc1ccccc1. The number of carbonyl (C=O) groups is 2. The van der Waals surface area contributed by atoms with Crippen LogP contribution in [0.2, 0.25) is 0 Å². The van der Waals surface area contributed by atoms with E-state index in [1.807, 2.05) is 30.3 Å². The number of carbonyl (C=O) groups excluding carboxylic acids is 2. The highest BCUT2D eigenvalue weighted by Gasteiger charge is 2.02. The molecule has 0 bridgehead atoms. The number of nitrogens with zero attached hydrogens (tertiary/aromatic N) is 1. The van der Waals surface area contributed by atoms with Crippen LogP contribution in [0.4, 0.5) is 0 Å². The van der Waals surface area contributed by atoms with Crippen LogP contribution in [0.15, 0.2) is 30.3 Å². The first kappa shape index (κ1) is 16.2. The Morgan fingerprint density at radius 2 is 1.95 bits per heavy atom. The number of hydrogen-bond acceptors (Lipinski definition) is 3. The zero-order valence-corrected chi connectivity index (χ0v) is 12.0. The third kappa shape index (κ3) is 7.53. The molecule has 0 aliphatic heterocycles. The third-order valence-electron chi connectivity index (χ3n) is 2.86. The van der Waals surface area contributed by atoms with Gasteiger partial charge in [-0.05, 0) is 18.5 Å². The fourth-order valence-electron chi connectivity index (χ4n) is 1.81. The normalized spacial score (nSPS) is 10.1. The van der Waals surface area contributed by atoms with Crippen molar-refractivity contribution in [2.75, 3.05) is 26.2 Å². The van der Waals surface area contributed by atoms with Crippen LogP contribution in [-0.2, 0) is 16.1 Å². The second-order valence-corrected chi connectivity index (χ2v) is 4.65. The van der Waals surface area contributed by atoms with Crippen LogP contribution in [-0.4, -0.2) is 43.4 Å². The van der Waals surface area contributed by atoms with E-state index in [1.165, 1.54) is 6.92 Å². The largest absolute Gasteiger partial charge is 0.356 e. The van der Waals surface area contributed by atoms with Gasteiger partial charge in [-0.3, -0.25) is 9.59 Å². The fraction of sp³-hybridized carbons (Fsp3) is 0.467. The molecule has 1 aromatic carbocycles. The smallest absolute Gasteiger partial charge is 0.216 e. The summed E-state index contributed by atoms with van der Waals surface area (Å²) in [5, 5.41) is 6.00. The summed E-state index contributed by atoms with van der Waals surface area (Å²) >= 11 is 0. The van der Waals surface area contributed by atoms with Crippen LogP contribution >= 0.6 is 0 Å². The number of nitrogens with one attached hydrogen (secondary N) is 2. The lowest BCUT2D eigenvalue weighted by molar-refractivity contribution is -0.119. The van der Waals surface area contributed by atoms with Gasteiger partial charge in [-0.15, -0.1) is 0 Å². The Morgan fingerprint density at radius 3 is 2.60 bits per heavy atom. The molecule has 20 heavy (non-hydrogen) atoms. The molecule has 0 spiro atoms. The first-order chi connectivity index (χ1) is 9.72. The Labute approximate surface area is 120 Å². The lowest BCUT2D eigenvalue weighted by atomic mass is 10.2. The monoisotopic (exact) mass is 277 g/mol. The summed E-state index contributed by atoms with van der Waals surface area (Å²) in [4.78, 5) is 23.4. The van der Waals surface area contributed by atoms with Gasteiger partial charge in [-0.2, -0.15) is 0 Å². The maximum absolute atomic E-state index is 11.0. The van der Waals surface area contributed by atoms with Crippen molar-refractivity contribution in [3.63, 3.8) is 0 Å². The summed E-state index contributed by atoms with van der Waals surface area (Å²) in [7, 11) is 0. The van der Waals surface area contributed by atoms with E-state index in [2.05, 4.69) is 10.6 Å². The van der Waals surface area contributed by atoms with Crippen molar-refractivity contribution in [3.05, 3.63) is 35.9 Å². The Balaban J connectivity index is 2.10. The summed E-state index contributed by atoms with van der Waals surface area (Å²) in [5.74, 6) is -0.00000821. The van der Waals surface area contributed by atoms with Crippen LogP contribution in [0.25, 0.3) is 0 Å². The van der Waals surface area contributed by atoms with Gasteiger partial charge in [0.2, 0.25) is 12.3 Å². The molecule has 0 saturated carbocycles. The molecule has 0 fully saturated rings. The van der Waals surface area contributed by atoms with Crippen LogP contribution in [0.1, 0.15) is 18.9 Å². The van der Waals surface area contributed by atoms with Crippen LogP contribution in [0.5, 0.6) is 0 Å². The molecule has 110 valence electrons. The molecule has 1 rings (SSSR count). The molecule has 0 aromatic heterocycles. The van der Waals surface area contributed by atoms with Gasteiger partial charge in [-0.1, -0.05) is 30.3 Å². The Kier molecular flexibility index (Phi) is 8.07. The van der Waals surface area contributed by atoms with Crippen LogP contribution in [0, 0.1) is 0 Å². The average molecular weight is 277 g/mol. The Morgan fingerprint density at radius 1 is 1.20 bits per heavy atom. The van der Waals surface area contributed by atoms with Crippen molar-refractivity contribution in [2.45, 2.75) is 19.9 Å². The molecule has 5 heteroatoms. The molecular formula is C15H23N3O2.